The number of nitro benzene ring substituents is 1. The zero-order chi connectivity index (χ0) is 20.1. The van der Waals surface area contributed by atoms with E-state index in [0.717, 1.165) is 13.0 Å². The number of urea groups is 1. The van der Waals surface area contributed by atoms with Gasteiger partial charge in [-0.05, 0) is 66.8 Å². The number of nitrogens with one attached hydrogen (secondary N) is 1. The van der Waals surface area contributed by atoms with E-state index in [1.54, 1.807) is 12.1 Å². The Balaban J connectivity index is 1.34. The smallest absolute Gasteiger partial charge is 0.317 e. The van der Waals surface area contributed by atoms with Gasteiger partial charge in [-0.1, -0.05) is 12.1 Å². The number of rotatable bonds is 4. The molecule has 4 bridgehead atoms. The van der Waals surface area contributed by atoms with Crippen molar-refractivity contribution in [3.8, 4) is 0 Å². The Bertz CT molecular complexity index is 789. The molecule has 1 aromatic carbocycles. The Labute approximate surface area is 170 Å². The zero-order valence-corrected chi connectivity index (χ0v) is 16.8. The normalized spacial score (nSPS) is 35.5. The van der Waals surface area contributed by atoms with Gasteiger partial charge in [-0.25, -0.2) is 4.79 Å². The summed E-state index contributed by atoms with van der Waals surface area (Å²) in [6, 6.07) is 7.30. The topological polar surface area (TPSA) is 84.7 Å². The highest BCUT2D eigenvalue weighted by atomic mass is 16.6. The number of ether oxygens (including phenoxy) is 1. The molecule has 1 saturated heterocycles. The highest BCUT2D eigenvalue weighted by Gasteiger charge is 2.58. The van der Waals surface area contributed by atoms with E-state index < -0.39 is 0 Å². The van der Waals surface area contributed by atoms with Gasteiger partial charge >= 0.3 is 6.03 Å². The summed E-state index contributed by atoms with van der Waals surface area (Å²) in [4.78, 5) is 25.2. The summed E-state index contributed by atoms with van der Waals surface area (Å²) in [6.07, 6.45) is 7.13. The van der Waals surface area contributed by atoms with Crippen molar-refractivity contribution < 1.29 is 14.5 Å². The molecule has 1 aliphatic heterocycles. The zero-order valence-electron chi connectivity index (χ0n) is 16.8. The monoisotopic (exact) mass is 399 g/mol. The fourth-order valence-corrected chi connectivity index (χ4v) is 7.07. The molecular weight excluding hydrogens is 370 g/mol. The number of amides is 2. The molecule has 0 radical (unpaired) electrons. The lowest BCUT2D eigenvalue weighted by Gasteiger charge is -2.62. The molecule has 4 aliphatic carbocycles. The second kappa shape index (κ2) is 6.97. The van der Waals surface area contributed by atoms with Crippen LogP contribution in [0.5, 0.6) is 0 Å². The van der Waals surface area contributed by atoms with Crippen molar-refractivity contribution in [3.63, 3.8) is 0 Å². The lowest BCUT2D eigenvalue weighted by Crippen LogP contribution is -2.58. The van der Waals surface area contributed by atoms with Gasteiger partial charge in [0.05, 0.1) is 18.1 Å². The lowest BCUT2D eigenvalue weighted by molar-refractivity contribution is -0.384. The minimum Gasteiger partial charge on any atom is -0.378 e. The molecule has 7 nitrogen and oxygen atoms in total. The summed E-state index contributed by atoms with van der Waals surface area (Å²) in [5.74, 6) is 1.40. The maximum Gasteiger partial charge on any atom is 0.317 e. The van der Waals surface area contributed by atoms with Crippen molar-refractivity contribution in [2.45, 2.75) is 43.9 Å². The quantitative estimate of drug-likeness (QED) is 0.621. The first-order valence-electron chi connectivity index (χ1n) is 10.8. The van der Waals surface area contributed by atoms with E-state index in [-0.39, 0.29) is 27.5 Å². The third kappa shape index (κ3) is 3.39. The summed E-state index contributed by atoms with van der Waals surface area (Å²) in [7, 11) is 0. The van der Waals surface area contributed by atoms with Crippen molar-refractivity contribution in [3.05, 3.63) is 39.9 Å². The van der Waals surface area contributed by atoms with Crippen LogP contribution in [-0.2, 0) is 10.2 Å². The number of carbonyl (C=O) groups excluding carboxylic acids is 1. The highest BCUT2D eigenvalue weighted by Crippen LogP contribution is 2.65. The molecule has 5 fully saturated rings. The van der Waals surface area contributed by atoms with Crippen LogP contribution >= 0.6 is 0 Å². The number of non-ortho nitro benzene ring substituents is 1. The number of morpholine rings is 1. The van der Waals surface area contributed by atoms with Crippen LogP contribution in [0, 0.1) is 27.4 Å². The van der Waals surface area contributed by atoms with Crippen molar-refractivity contribution in [2.24, 2.45) is 17.3 Å². The van der Waals surface area contributed by atoms with E-state index in [2.05, 4.69) is 5.32 Å². The van der Waals surface area contributed by atoms with Crippen LogP contribution in [0.25, 0.3) is 0 Å². The fourth-order valence-electron chi connectivity index (χ4n) is 7.07. The van der Waals surface area contributed by atoms with Crippen LogP contribution in [-0.4, -0.2) is 48.7 Å². The molecular formula is C22H29N3O4. The highest BCUT2D eigenvalue weighted by molar-refractivity contribution is 5.74. The maximum atomic E-state index is 12.6. The van der Waals surface area contributed by atoms with Gasteiger partial charge in [-0.2, -0.15) is 0 Å². The molecule has 156 valence electrons. The average Bonchev–Trinajstić information content (AvgIpc) is 2.72. The van der Waals surface area contributed by atoms with Gasteiger partial charge in [-0.15, -0.1) is 0 Å². The molecule has 5 aliphatic rings. The molecule has 1 N–H and O–H groups in total. The van der Waals surface area contributed by atoms with Crippen molar-refractivity contribution in [1.29, 1.82) is 0 Å². The van der Waals surface area contributed by atoms with Crippen molar-refractivity contribution in [2.75, 3.05) is 32.8 Å². The van der Waals surface area contributed by atoms with Crippen LogP contribution in [0.3, 0.4) is 0 Å². The molecule has 0 spiro atoms. The van der Waals surface area contributed by atoms with Crippen LogP contribution < -0.4 is 5.32 Å². The maximum absolute atomic E-state index is 12.6. The summed E-state index contributed by atoms with van der Waals surface area (Å²) in [5.41, 5.74) is 1.68. The number of hydrogen-bond donors (Lipinski definition) is 1. The first kappa shape index (κ1) is 18.9. The molecule has 4 saturated carbocycles. The van der Waals surface area contributed by atoms with E-state index in [4.69, 9.17) is 4.74 Å². The van der Waals surface area contributed by atoms with Gasteiger partial charge in [0, 0.05) is 31.8 Å². The summed E-state index contributed by atoms with van der Waals surface area (Å²) in [6.45, 7) is 3.30. The third-order valence-corrected chi connectivity index (χ3v) is 7.79. The van der Waals surface area contributed by atoms with E-state index in [1.807, 2.05) is 17.0 Å². The number of nitro groups is 1. The Kier molecular flexibility index (Phi) is 4.53. The van der Waals surface area contributed by atoms with Gasteiger partial charge in [0.25, 0.3) is 5.69 Å². The minimum atomic E-state index is -0.327. The first-order valence-corrected chi connectivity index (χ1v) is 10.8. The van der Waals surface area contributed by atoms with E-state index >= 15 is 0 Å². The number of nitrogens with zero attached hydrogens (tertiary/aromatic N) is 2. The molecule has 2 unspecified atom stereocenters. The first-order chi connectivity index (χ1) is 14.0. The number of carbonyl (C=O) groups is 1. The SMILES string of the molecule is O=C(NCC12CC3CC(C1)CC(c1ccc([N+](=O)[O-])cc1)(C3)C2)N1CCOCC1. The fraction of sp³-hybridized carbons (Fsp3) is 0.682. The lowest BCUT2D eigenvalue weighted by atomic mass is 9.43. The molecule has 2 amide bonds. The average molecular weight is 399 g/mol. The van der Waals surface area contributed by atoms with Crippen molar-refractivity contribution in [1.82, 2.24) is 10.2 Å². The van der Waals surface area contributed by atoms with Gasteiger partial charge in [0.1, 0.15) is 0 Å². The van der Waals surface area contributed by atoms with Crippen LogP contribution in [0.4, 0.5) is 10.5 Å². The second-order valence-electron chi connectivity index (χ2n) is 9.80. The molecule has 6 rings (SSSR count). The molecule has 2 atom stereocenters. The molecule has 29 heavy (non-hydrogen) atoms. The van der Waals surface area contributed by atoms with Gasteiger partial charge in [0.15, 0.2) is 0 Å². The predicted molar refractivity (Wildman–Crippen MR) is 108 cm³/mol. The van der Waals surface area contributed by atoms with Gasteiger partial charge in [-0.3, -0.25) is 10.1 Å². The van der Waals surface area contributed by atoms with Crippen molar-refractivity contribution >= 4 is 11.7 Å². The predicted octanol–water partition coefficient (Wildman–Crippen LogP) is 3.47. The van der Waals surface area contributed by atoms with E-state index in [0.29, 0.717) is 38.1 Å². The van der Waals surface area contributed by atoms with Gasteiger partial charge < -0.3 is 15.0 Å². The van der Waals surface area contributed by atoms with Crippen LogP contribution in [0.1, 0.15) is 44.1 Å². The number of hydrogen-bond acceptors (Lipinski definition) is 4. The molecule has 0 aromatic heterocycles. The third-order valence-electron chi connectivity index (χ3n) is 7.79. The van der Waals surface area contributed by atoms with E-state index in [9.17, 15) is 14.9 Å². The van der Waals surface area contributed by atoms with Crippen LogP contribution in [0.2, 0.25) is 0 Å². The number of benzene rings is 1. The largest absolute Gasteiger partial charge is 0.378 e. The van der Waals surface area contributed by atoms with Gasteiger partial charge in [0.2, 0.25) is 0 Å². The van der Waals surface area contributed by atoms with Crippen LogP contribution in [0.15, 0.2) is 24.3 Å². The Morgan fingerprint density at radius 2 is 1.79 bits per heavy atom. The Morgan fingerprint density at radius 3 is 2.41 bits per heavy atom. The summed E-state index contributed by atoms with van der Waals surface area (Å²) in [5, 5.41) is 14.3. The minimum absolute atomic E-state index is 0.0356. The molecule has 1 heterocycles. The Morgan fingerprint density at radius 1 is 1.14 bits per heavy atom. The summed E-state index contributed by atoms with van der Waals surface area (Å²) < 4.78 is 5.35. The molecule has 7 heteroatoms. The Hall–Kier alpha value is -2.15. The standard InChI is InChI=1S/C22H29N3O4/c26-20(24-5-7-29-8-6-24)23-15-21-10-16-9-17(11-21)13-22(12-16,14-21)18-1-3-19(4-2-18)25(27)28/h1-4,16-17H,5-15H2,(H,23,26). The van der Waals surface area contributed by atoms with E-state index in [1.165, 1.54) is 37.7 Å². The second-order valence-corrected chi connectivity index (χ2v) is 9.80. The summed E-state index contributed by atoms with van der Waals surface area (Å²) >= 11 is 0. The molecule has 1 aromatic rings.